The average molecular weight is 358 g/mol. The highest BCUT2D eigenvalue weighted by Gasteiger charge is 2.16. The second-order valence-corrected chi connectivity index (χ2v) is 6.07. The van der Waals surface area contributed by atoms with E-state index in [0.29, 0.717) is 11.3 Å². The molecule has 1 aromatic heterocycles. The first-order valence-corrected chi connectivity index (χ1v) is 7.57. The highest BCUT2D eigenvalue weighted by Crippen LogP contribution is 2.29. The van der Waals surface area contributed by atoms with Crippen molar-refractivity contribution in [2.45, 2.75) is 13.0 Å². The van der Waals surface area contributed by atoms with Crippen molar-refractivity contribution in [1.82, 2.24) is 0 Å². The zero-order valence-corrected chi connectivity index (χ0v) is 13.3. The van der Waals surface area contributed by atoms with Gasteiger partial charge < -0.3 is 10.1 Å². The highest BCUT2D eigenvalue weighted by atomic mass is 79.9. The van der Waals surface area contributed by atoms with E-state index in [4.69, 9.17) is 4.74 Å². The summed E-state index contributed by atoms with van der Waals surface area (Å²) in [5.41, 5.74) is 0.741. The molecule has 0 saturated carbocycles. The molecule has 1 N–H and O–H groups in total. The maximum atomic E-state index is 13.4. The van der Waals surface area contributed by atoms with Crippen LogP contribution in [0.15, 0.2) is 34.1 Å². The Kier molecular flexibility index (Phi) is 4.77. The summed E-state index contributed by atoms with van der Waals surface area (Å²) < 4.78 is 19.1. The van der Waals surface area contributed by atoms with Gasteiger partial charge in [0.2, 0.25) is 0 Å². The van der Waals surface area contributed by atoms with Crippen molar-refractivity contribution in [3.05, 3.63) is 50.4 Å². The minimum atomic E-state index is -0.493. The van der Waals surface area contributed by atoms with Crippen molar-refractivity contribution in [3.63, 3.8) is 0 Å². The number of anilines is 1. The molecule has 0 saturated heterocycles. The van der Waals surface area contributed by atoms with Crippen LogP contribution < -0.4 is 5.32 Å². The molecule has 0 aliphatic rings. The maximum absolute atomic E-state index is 13.4. The smallest absolute Gasteiger partial charge is 0.339 e. The number of methoxy groups -OCH3 is 1. The molecular weight excluding hydrogens is 345 g/mol. The molecule has 0 aliphatic carbocycles. The predicted molar refractivity (Wildman–Crippen MR) is 81.8 cm³/mol. The van der Waals surface area contributed by atoms with Crippen LogP contribution in [0.25, 0.3) is 0 Å². The van der Waals surface area contributed by atoms with Crippen molar-refractivity contribution in [3.8, 4) is 0 Å². The Hall–Kier alpha value is -1.40. The SMILES string of the molecule is COC(=O)c1ccc(F)cc1NC(C)c1cc(Br)cs1. The molecule has 106 valence electrons. The molecule has 0 fully saturated rings. The van der Waals surface area contributed by atoms with Gasteiger partial charge in [-0.3, -0.25) is 0 Å². The molecule has 2 rings (SSSR count). The average Bonchev–Trinajstić information content (AvgIpc) is 2.85. The lowest BCUT2D eigenvalue weighted by Gasteiger charge is -2.16. The van der Waals surface area contributed by atoms with Gasteiger partial charge in [-0.05, 0) is 47.1 Å². The summed E-state index contributed by atoms with van der Waals surface area (Å²) >= 11 is 4.98. The van der Waals surface area contributed by atoms with Crippen LogP contribution in [-0.2, 0) is 4.74 Å². The third-order valence-electron chi connectivity index (χ3n) is 2.77. The van der Waals surface area contributed by atoms with Crippen molar-refractivity contribution in [2.75, 3.05) is 12.4 Å². The predicted octanol–water partition coefficient (Wildman–Crippen LogP) is 4.61. The van der Waals surface area contributed by atoms with Crippen LogP contribution >= 0.6 is 27.3 Å². The van der Waals surface area contributed by atoms with Crippen molar-refractivity contribution in [2.24, 2.45) is 0 Å². The van der Waals surface area contributed by atoms with E-state index < -0.39 is 11.8 Å². The first kappa shape index (κ1) is 15.0. The number of halogens is 2. The van der Waals surface area contributed by atoms with E-state index in [0.717, 1.165) is 9.35 Å². The molecule has 6 heteroatoms. The Morgan fingerprint density at radius 3 is 2.80 bits per heavy atom. The van der Waals surface area contributed by atoms with Gasteiger partial charge in [0.05, 0.1) is 24.4 Å². The lowest BCUT2D eigenvalue weighted by Crippen LogP contribution is -2.11. The van der Waals surface area contributed by atoms with Crippen LogP contribution in [0.4, 0.5) is 10.1 Å². The molecule has 0 spiro atoms. The summed E-state index contributed by atoms with van der Waals surface area (Å²) in [6.07, 6.45) is 0. The second-order valence-electron chi connectivity index (χ2n) is 4.21. The Morgan fingerprint density at radius 2 is 2.20 bits per heavy atom. The third kappa shape index (κ3) is 3.37. The highest BCUT2D eigenvalue weighted by molar-refractivity contribution is 9.10. The largest absolute Gasteiger partial charge is 0.465 e. The first-order valence-electron chi connectivity index (χ1n) is 5.89. The molecule has 0 amide bonds. The number of hydrogen-bond donors (Lipinski definition) is 1. The normalized spacial score (nSPS) is 12.0. The fourth-order valence-corrected chi connectivity index (χ4v) is 3.24. The Morgan fingerprint density at radius 1 is 1.45 bits per heavy atom. The van der Waals surface area contributed by atoms with Gasteiger partial charge in [0.15, 0.2) is 0 Å². The topological polar surface area (TPSA) is 38.3 Å². The van der Waals surface area contributed by atoms with Crippen molar-refractivity contribution in [1.29, 1.82) is 0 Å². The van der Waals surface area contributed by atoms with Crippen LogP contribution in [0.2, 0.25) is 0 Å². The van der Waals surface area contributed by atoms with E-state index in [2.05, 4.69) is 21.2 Å². The molecule has 1 atom stereocenters. The minimum Gasteiger partial charge on any atom is -0.465 e. The van der Waals surface area contributed by atoms with Gasteiger partial charge >= 0.3 is 5.97 Å². The van der Waals surface area contributed by atoms with Crippen LogP contribution in [-0.4, -0.2) is 13.1 Å². The standard InChI is InChI=1S/C14H13BrFNO2S/c1-8(13-5-9(15)7-20-13)17-12-6-10(16)3-4-11(12)14(18)19-2/h3-8,17H,1-2H3. The van der Waals surface area contributed by atoms with Gasteiger partial charge in [0.1, 0.15) is 5.82 Å². The van der Waals surface area contributed by atoms with E-state index in [1.807, 2.05) is 18.4 Å². The molecule has 1 aromatic carbocycles. The van der Waals surface area contributed by atoms with Crippen LogP contribution in [0.1, 0.15) is 28.2 Å². The number of thiophene rings is 1. The van der Waals surface area contributed by atoms with E-state index in [9.17, 15) is 9.18 Å². The van der Waals surface area contributed by atoms with Gasteiger partial charge in [-0.25, -0.2) is 9.18 Å². The Bertz CT molecular complexity index is 629. The molecule has 0 radical (unpaired) electrons. The monoisotopic (exact) mass is 357 g/mol. The number of hydrogen-bond acceptors (Lipinski definition) is 4. The van der Waals surface area contributed by atoms with E-state index in [1.54, 1.807) is 11.3 Å². The van der Waals surface area contributed by atoms with Crippen LogP contribution in [0.5, 0.6) is 0 Å². The van der Waals surface area contributed by atoms with E-state index in [1.165, 1.54) is 25.3 Å². The summed E-state index contributed by atoms with van der Waals surface area (Å²) in [6, 6.07) is 5.89. The molecule has 3 nitrogen and oxygen atoms in total. The number of benzene rings is 1. The number of esters is 1. The molecular formula is C14H13BrFNO2S. The molecule has 0 bridgehead atoms. The summed E-state index contributed by atoms with van der Waals surface area (Å²) in [4.78, 5) is 12.8. The zero-order chi connectivity index (χ0) is 14.7. The zero-order valence-electron chi connectivity index (χ0n) is 10.9. The summed E-state index contributed by atoms with van der Waals surface area (Å²) in [5.74, 6) is -0.897. The summed E-state index contributed by atoms with van der Waals surface area (Å²) in [5, 5.41) is 5.12. The van der Waals surface area contributed by atoms with Gasteiger partial charge in [-0.1, -0.05) is 0 Å². The molecule has 20 heavy (non-hydrogen) atoms. The Balaban J connectivity index is 2.28. The lowest BCUT2D eigenvalue weighted by atomic mass is 10.1. The number of carbonyl (C=O) groups is 1. The quantitative estimate of drug-likeness (QED) is 0.812. The summed E-state index contributed by atoms with van der Waals surface area (Å²) in [7, 11) is 1.30. The Labute approximate surface area is 128 Å². The van der Waals surface area contributed by atoms with Crippen molar-refractivity contribution >= 4 is 38.9 Å². The fraction of sp³-hybridized carbons (Fsp3) is 0.214. The van der Waals surface area contributed by atoms with Gasteiger partial charge in [-0.2, -0.15) is 0 Å². The molecule has 1 heterocycles. The van der Waals surface area contributed by atoms with E-state index >= 15 is 0 Å². The number of rotatable bonds is 4. The molecule has 0 aliphatic heterocycles. The van der Waals surface area contributed by atoms with Crippen molar-refractivity contribution < 1.29 is 13.9 Å². The first-order chi connectivity index (χ1) is 9.51. The summed E-state index contributed by atoms with van der Waals surface area (Å²) in [6.45, 7) is 1.95. The fourth-order valence-electron chi connectivity index (χ4n) is 1.78. The minimum absolute atomic E-state index is 0.0449. The lowest BCUT2D eigenvalue weighted by molar-refractivity contribution is 0.0601. The van der Waals surface area contributed by atoms with E-state index in [-0.39, 0.29) is 6.04 Å². The van der Waals surface area contributed by atoms with Gasteiger partial charge in [0.25, 0.3) is 0 Å². The number of nitrogens with one attached hydrogen (secondary N) is 1. The number of carbonyl (C=O) groups excluding carboxylic acids is 1. The third-order valence-corrected chi connectivity index (χ3v) is 4.65. The van der Waals surface area contributed by atoms with Crippen LogP contribution in [0.3, 0.4) is 0 Å². The number of ether oxygens (including phenoxy) is 1. The van der Waals surface area contributed by atoms with Crippen LogP contribution in [0, 0.1) is 5.82 Å². The molecule has 2 aromatic rings. The van der Waals surface area contributed by atoms with Gasteiger partial charge in [-0.15, -0.1) is 11.3 Å². The molecule has 1 unspecified atom stereocenters. The maximum Gasteiger partial charge on any atom is 0.339 e. The second kappa shape index (κ2) is 6.37. The van der Waals surface area contributed by atoms with Gasteiger partial charge in [0, 0.05) is 14.7 Å².